The molecule has 0 heterocycles. The summed E-state index contributed by atoms with van der Waals surface area (Å²) in [4.78, 5) is 33.8. The molecule has 0 unspecified atom stereocenters. The first-order valence-corrected chi connectivity index (χ1v) is 24.7. The molecule has 0 aliphatic heterocycles. The number of carbonyl (C=O) groups is 1. The van der Waals surface area contributed by atoms with Crippen molar-refractivity contribution in [2.45, 2.75) is 102 Å². The van der Waals surface area contributed by atoms with Crippen LogP contribution in [0.4, 0.5) is 0 Å². The van der Waals surface area contributed by atoms with Crippen molar-refractivity contribution < 1.29 is 23.0 Å². The molecule has 0 aliphatic rings. The average Bonchev–Trinajstić information content (AvgIpc) is 2.48. The first-order chi connectivity index (χ1) is 14.2. The maximum absolute atomic E-state index is 12.3. The van der Waals surface area contributed by atoms with Crippen LogP contribution in [-0.4, -0.2) is 87.5 Å². The van der Waals surface area contributed by atoms with Crippen molar-refractivity contribution in [3.8, 4) is 0 Å². The molecule has 192 valence electrons. The summed E-state index contributed by atoms with van der Waals surface area (Å²) in [6.07, 6.45) is 5.93. The summed E-state index contributed by atoms with van der Waals surface area (Å²) in [5.41, 5.74) is 1.53. The molecule has 6 nitrogen and oxygen atoms in total. The van der Waals surface area contributed by atoms with Gasteiger partial charge in [-0.25, -0.2) is 0 Å². The fourth-order valence-corrected chi connectivity index (χ4v) is 28.5. The molecule has 0 aliphatic carbocycles. The summed E-state index contributed by atoms with van der Waals surface area (Å²) in [7, 11) is -2.14. The number of unbranched alkanes of at least 4 members (excludes halogenated alkanes) is 3. The first-order valence-electron chi connectivity index (χ1n) is 12.4. The molecule has 0 aromatic carbocycles. The van der Waals surface area contributed by atoms with Crippen molar-refractivity contribution in [1.29, 1.82) is 0 Å². The van der Waals surface area contributed by atoms with Crippen LogP contribution in [0.5, 0.6) is 0 Å². The van der Waals surface area contributed by atoms with Crippen molar-refractivity contribution in [3.63, 3.8) is 0 Å². The highest BCUT2D eigenvalue weighted by atomic mass is 28.5. The zero-order valence-corrected chi connectivity index (χ0v) is 26.9. The van der Waals surface area contributed by atoms with Gasteiger partial charge >= 0.3 is 0 Å². The zero-order chi connectivity index (χ0) is 25.3. The second kappa shape index (κ2) is 13.3. The van der Waals surface area contributed by atoms with E-state index in [1.165, 1.54) is 19.4 Å². The molecule has 32 heavy (non-hydrogen) atoms. The summed E-state index contributed by atoms with van der Waals surface area (Å²) >= 11 is 0. The smallest absolute Gasteiger partial charge is 0.219 e. The molecule has 0 aromatic rings. The second-order valence-corrected chi connectivity index (χ2v) is 31.0. The minimum absolute atomic E-state index is 0.142. The van der Waals surface area contributed by atoms with Crippen molar-refractivity contribution in [3.05, 3.63) is 0 Å². The van der Waals surface area contributed by atoms with E-state index < -0.39 is 33.3 Å². The highest BCUT2D eigenvalue weighted by molar-refractivity contribution is 7.00. The topological polar surface area (TPSA) is 78.8 Å². The van der Waals surface area contributed by atoms with Gasteiger partial charge in [0.25, 0.3) is 0 Å². The maximum Gasteiger partial charge on any atom is 0.219 e. The van der Waals surface area contributed by atoms with Crippen molar-refractivity contribution in [2.75, 3.05) is 34.2 Å². The predicted octanol–water partition coefficient (Wildman–Crippen LogP) is 4.42. The van der Waals surface area contributed by atoms with E-state index in [2.05, 4.69) is 46.1 Å². The average molecular weight is 524 g/mol. The number of hydrogen-bond donors (Lipinski definition) is 3. The van der Waals surface area contributed by atoms with E-state index in [9.17, 15) is 14.4 Å². The van der Waals surface area contributed by atoms with Gasteiger partial charge in [-0.2, -0.15) is 0 Å². The molecule has 0 radical (unpaired) electrons. The van der Waals surface area contributed by atoms with E-state index in [0.29, 0.717) is 13.0 Å². The Labute approximate surface area is 203 Å². The fourth-order valence-electron chi connectivity index (χ4n) is 4.54. The van der Waals surface area contributed by atoms with Gasteiger partial charge in [-0.15, -0.1) is 0 Å². The standard InChI is InChI=1S/C22H54N2O4Si4/c1-24(2,3)18-14-12-11-13-16-22(25)23-17-15-19-32(20-30(7,8)26,21-31(9,10)27)28-29(4,5)6/h26-27H,11-21H2,1-10H3/p+1. The van der Waals surface area contributed by atoms with Crippen LogP contribution >= 0.6 is 0 Å². The lowest BCUT2D eigenvalue weighted by molar-refractivity contribution is -0.870. The van der Waals surface area contributed by atoms with Crippen LogP contribution in [0.3, 0.4) is 0 Å². The van der Waals surface area contributed by atoms with E-state index in [1.54, 1.807) is 0 Å². The van der Waals surface area contributed by atoms with Gasteiger partial charge < -0.3 is 23.5 Å². The molecule has 1 amide bonds. The first kappa shape index (κ1) is 32.2. The Morgan fingerprint density at radius 1 is 0.812 bits per heavy atom. The second-order valence-electron chi connectivity index (χ2n) is 13.0. The Hall–Kier alpha value is 0.178. The third-order valence-electron chi connectivity index (χ3n) is 5.15. The lowest BCUT2D eigenvalue weighted by Crippen LogP contribution is -2.56. The Morgan fingerprint density at radius 3 is 1.75 bits per heavy atom. The maximum atomic E-state index is 12.3. The molecule has 0 saturated carbocycles. The number of hydrogen-bond acceptors (Lipinski definition) is 4. The SMILES string of the molecule is C[N+](C)(C)CCCCCCC(=O)NCCC[Si](C[Si](C)(C)O)(C[Si](C)(C)O)O[Si](C)(C)C. The fraction of sp³-hybridized carbons (Fsp3) is 0.955. The number of amides is 1. The van der Waals surface area contributed by atoms with Crippen LogP contribution < -0.4 is 5.32 Å². The van der Waals surface area contributed by atoms with Gasteiger partial charge in [-0.1, -0.05) is 6.42 Å². The molecular weight excluding hydrogens is 469 g/mol. The van der Waals surface area contributed by atoms with Gasteiger partial charge in [0.05, 0.1) is 27.7 Å². The molecule has 0 aromatic heterocycles. The number of quaternary nitrogens is 1. The summed E-state index contributed by atoms with van der Waals surface area (Å²) in [5, 5.41) is 3.09. The van der Waals surface area contributed by atoms with E-state index in [-0.39, 0.29) is 5.91 Å². The van der Waals surface area contributed by atoms with Gasteiger partial charge in [-0.05, 0) is 88.9 Å². The minimum Gasteiger partial charge on any atom is -0.456 e. The molecule has 3 N–H and O–H groups in total. The van der Waals surface area contributed by atoms with Crippen LogP contribution in [0, 0.1) is 0 Å². The van der Waals surface area contributed by atoms with Gasteiger partial charge in [0.1, 0.15) is 0 Å². The van der Waals surface area contributed by atoms with Crippen LogP contribution in [0.2, 0.25) is 63.2 Å². The third kappa shape index (κ3) is 19.6. The van der Waals surface area contributed by atoms with E-state index in [4.69, 9.17) is 4.12 Å². The highest BCUT2D eigenvalue weighted by Crippen LogP contribution is 2.34. The minimum atomic E-state index is -2.33. The molecule has 0 rings (SSSR count). The molecule has 0 bridgehead atoms. The number of nitrogens with one attached hydrogen (secondary N) is 1. The van der Waals surface area contributed by atoms with Crippen LogP contribution in [0.25, 0.3) is 0 Å². The highest BCUT2D eigenvalue weighted by Gasteiger charge is 2.46. The number of nitrogens with zero attached hydrogens (tertiary/aromatic N) is 1. The van der Waals surface area contributed by atoms with E-state index in [1.807, 2.05) is 26.2 Å². The normalized spacial score (nSPS) is 14.0. The largest absolute Gasteiger partial charge is 0.456 e. The van der Waals surface area contributed by atoms with Crippen LogP contribution in [-0.2, 0) is 8.91 Å². The monoisotopic (exact) mass is 523 g/mol. The number of rotatable bonds is 17. The molecule has 0 saturated heterocycles. The van der Waals surface area contributed by atoms with E-state index >= 15 is 0 Å². The van der Waals surface area contributed by atoms with E-state index in [0.717, 1.165) is 41.1 Å². The number of carbonyl (C=O) groups excluding carboxylic acids is 1. The summed E-state index contributed by atoms with van der Waals surface area (Å²) in [6.45, 7) is 16.4. The van der Waals surface area contributed by atoms with Crippen molar-refractivity contribution >= 4 is 39.2 Å². The summed E-state index contributed by atoms with van der Waals surface area (Å²) in [6, 6.07) is 0.899. The van der Waals surface area contributed by atoms with Crippen molar-refractivity contribution in [1.82, 2.24) is 5.32 Å². The lowest BCUT2D eigenvalue weighted by atomic mass is 10.1. The molecule has 0 spiro atoms. The summed E-state index contributed by atoms with van der Waals surface area (Å²) in [5.74, 6) is 0.142. The van der Waals surface area contributed by atoms with Gasteiger partial charge in [0.2, 0.25) is 5.91 Å². The lowest BCUT2D eigenvalue weighted by Gasteiger charge is -2.42. The Morgan fingerprint density at radius 2 is 1.31 bits per heavy atom. The summed E-state index contributed by atoms with van der Waals surface area (Å²) < 4.78 is 7.82. The molecule has 0 atom stereocenters. The Bertz CT molecular complexity index is 509. The Kier molecular flexibility index (Phi) is 13.4. The zero-order valence-electron chi connectivity index (χ0n) is 22.9. The Balaban J connectivity index is 4.66. The molecule has 10 heteroatoms. The third-order valence-corrected chi connectivity index (χ3v) is 22.7. The van der Waals surface area contributed by atoms with Crippen LogP contribution in [0.15, 0.2) is 0 Å². The van der Waals surface area contributed by atoms with Gasteiger partial charge in [0, 0.05) is 13.0 Å². The predicted molar refractivity (Wildman–Crippen MR) is 148 cm³/mol. The van der Waals surface area contributed by atoms with Gasteiger partial charge in [0.15, 0.2) is 33.3 Å². The van der Waals surface area contributed by atoms with Gasteiger partial charge in [-0.3, -0.25) is 4.79 Å². The molecule has 0 fully saturated rings. The molecular formula is C22H55N2O4Si4+. The van der Waals surface area contributed by atoms with Crippen LogP contribution in [0.1, 0.15) is 38.5 Å². The van der Waals surface area contributed by atoms with Crippen molar-refractivity contribution in [2.24, 2.45) is 0 Å². The quantitative estimate of drug-likeness (QED) is 0.150.